The molecule has 0 bridgehead atoms. The third-order valence-corrected chi connectivity index (χ3v) is 5.60. The Morgan fingerprint density at radius 1 is 1.40 bits per heavy atom. The Morgan fingerprint density at radius 2 is 2.16 bits per heavy atom. The van der Waals surface area contributed by atoms with Crippen molar-refractivity contribution in [2.45, 2.75) is 50.2 Å². The van der Waals surface area contributed by atoms with Crippen LogP contribution in [0.1, 0.15) is 35.7 Å². The van der Waals surface area contributed by atoms with Gasteiger partial charge in [-0.2, -0.15) is 0 Å². The quantitative estimate of drug-likeness (QED) is 0.780. The fraction of sp³-hybridized carbons (Fsp3) is 0.412. The topological polar surface area (TPSA) is 93.1 Å². The van der Waals surface area contributed by atoms with E-state index in [1.165, 1.54) is 12.1 Å². The Labute approximate surface area is 147 Å². The molecule has 134 valence electrons. The zero-order valence-electron chi connectivity index (χ0n) is 14.3. The van der Waals surface area contributed by atoms with Crippen LogP contribution >= 0.6 is 0 Å². The number of nitrogens with one attached hydrogen (secondary N) is 2. The van der Waals surface area contributed by atoms with Crippen molar-refractivity contribution in [2.75, 3.05) is 0 Å². The van der Waals surface area contributed by atoms with Gasteiger partial charge in [0.1, 0.15) is 0 Å². The average molecular weight is 362 g/mol. The van der Waals surface area contributed by atoms with Crippen LogP contribution in [-0.4, -0.2) is 36.0 Å². The Kier molecular flexibility index (Phi) is 4.91. The van der Waals surface area contributed by atoms with Crippen molar-refractivity contribution in [3.63, 3.8) is 0 Å². The van der Waals surface area contributed by atoms with Crippen LogP contribution in [0.4, 0.5) is 0 Å². The summed E-state index contributed by atoms with van der Waals surface area (Å²) in [5.41, 5.74) is 1.11. The SMILES string of the molecule is Cc1ccc(S(=O)(=O)NC2CC2)cc1C(=O)NC(C)Cn1ccnc1. The number of sulfonamides is 1. The van der Waals surface area contributed by atoms with E-state index in [4.69, 9.17) is 0 Å². The molecular formula is C17H22N4O3S. The van der Waals surface area contributed by atoms with Crippen LogP contribution in [0.15, 0.2) is 41.8 Å². The number of aryl methyl sites for hydroxylation is 1. The van der Waals surface area contributed by atoms with Gasteiger partial charge in [0, 0.05) is 36.6 Å². The van der Waals surface area contributed by atoms with Crippen LogP contribution < -0.4 is 10.0 Å². The molecule has 1 amide bonds. The number of benzene rings is 1. The van der Waals surface area contributed by atoms with Gasteiger partial charge in [-0.3, -0.25) is 4.79 Å². The summed E-state index contributed by atoms with van der Waals surface area (Å²) in [6.07, 6.45) is 6.92. The van der Waals surface area contributed by atoms with Gasteiger partial charge < -0.3 is 9.88 Å². The maximum Gasteiger partial charge on any atom is 0.251 e. The number of rotatable bonds is 7. The minimum Gasteiger partial charge on any atom is -0.348 e. The first-order chi connectivity index (χ1) is 11.8. The Balaban J connectivity index is 1.74. The van der Waals surface area contributed by atoms with Crippen molar-refractivity contribution in [3.05, 3.63) is 48.0 Å². The standard InChI is InChI=1S/C17H22N4O3S/c1-12-3-6-15(25(23,24)20-14-4-5-14)9-16(12)17(22)19-13(2)10-21-8-7-18-11-21/h3,6-9,11,13-14,20H,4-5,10H2,1-2H3,(H,19,22). The van der Waals surface area contributed by atoms with E-state index in [0.29, 0.717) is 12.1 Å². The van der Waals surface area contributed by atoms with E-state index < -0.39 is 10.0 Å². The number of hydrogen-bond donors (Lipinski definition) is 2. The Morgan fingerprint density at radius 3 is 2.80 bits per heavy atom. The third-order valence-electron chi connectivity index (χ3n) is 4.08. The zero-order valence-corrected chi connectivity index (χ0v) is 15.1. The molecule has 7 nitrogen and oxygen atoms in total. The van der Waals surface area contributed by atoms with E-state index in [9.17, 15) is 13.2 Å². The lowest BCUT2D eigenvalue weighted by Crippen LogP contribution is -2.36. The second kappa shape index (κ2) is 6.97. The van der Waals surface area contributed by atoms with Gasteiger partial charge in [-0.05, 0) is 44.4 Å². The van der Waals surface area contributed by atoms with Crippen LogP contribution in [0, 0.1) is 6.92 Å². The Hall–Kier alpha value is -2.19. The summed E-state index contributed by atoms with van der Waals surface area (Å²) >= 11 is 0. The summed E-state index contributed by atoms with van der Waals surface area (Å²) in [7, 11) is -3.58. The number of hydrogen-bond acceptors (Lipinski definition) is 4. The molecular weight excluding hydrogens is 340 g/mol. The molecule has 1 saturated carbocycles. The predicted molar refractivity (Wildman–Crippen MR) is 93.7 cm³/mol. The lowest BCUT2D eigenvalue weighted by molar-refractivity contribution is 0.0936. The van der Waals surface area contributed by atoms with Crippen molar-refractivity contribution in [2.24, 2.45) is 0 Å². The summed E-state index contributed by atoms with van der Waals surface area (Å²) in [6.45, 7) is 4.27. The van der Waals surface area contributed by atoms with Crippen molar-refractivity contribution in [3.8, 4) is 0 Å². The number of amides is 1. The van der Waals surface area contributed by atoms with E-state index in [2.05, 4.69) is 15.0 Å². The molecule has 1 aromatic carbocycles. The van der Waals surface area contributed by atoms with Gasteiger partial charge in [0.25, 0.3) is 5.91 Å². The lowest BCUT2D eigenvalue weighted by Gasteiger charge is -2.16. The van der Waals surface area contributed by atoms with E-state index in [1.54, 1.807) is 25.5 Å². The van der Waals surface area contributed by atoms with Gasteiger partial charge in [0.2, 0.25) is 10.0 Å². The van der Waals surface area contributed by atoms with Gasteiger partial charge in [-0.15, -0.1) is 0 Å². The zero-order chi connectivity index (χ0) is 18.0. The Bertz CT molecular complexity index is 858. The molecule has 2 N–H and O–H groups in total. The largest absolute Gasteiger partial charge is 0.348 e. The molecule has 1 heterocycles. The minimum absolute atomic E-state index is 0.0266. The number of aromatic nitrogens is 2. The average Bonchev–Trinajstić information content (AvgIpc) is 3.19. The fourth-order valence-corrected chi connectivity index (χ4v) is 3.89. The second-order valence-corrected chi connectivity index (χ2v) is 8.22. The highest BCUT2D eigenvalue weighted by Gasteiger charge is 2.28. The molecule has 1 atom stereocenters. The van der Waals surface area contributed by atoms with Gasteiger partial charge >= 0.3 is 0 Å². The van der Waals surface area contributed by atoms with Crippen LogP contribution in [0.5, 0.6) is 0 Å². The smallest absolute Gasteiger partial charge is 0.251 e. The van der Waals surface area contributed by atoms with Gasteiger partial charge in [0.15, 0.2) is 0 Å². The molecule has 1 aliphatic carbocycles. The highest BCUT2D eigenvalue weighted by molar-refractivity contribution is 7.89. The van der Waals surface area contributed by atoms with Crippen molar-refractivity contribution >= 4 is 15.9 Å². The number of carbonyl (C=O) groups excluding carboxylic acids is 1. The fourth-order valence-electron chi connectivity index (χ4n) is 2.56. The molecule has 0 radical (unpaired) electrons. The molecule has 0 saturated heterocycles. The molecule has 1 aliphatic rings. The molecule has 3 rings (SSSR count). The first kappa shape index (κ1) is 17.6. The maximum absolute atomic E-state index is 12.6. The summed E-state index contributed by atoms with van der Waals surface area (Å²) in [6, 6.07) is 4.55. The van der Waals surface area contributed by atoms with Gasteiger partial charge in [-0.1, -0.05) is 6.07 Å². The summed E-state index contributed by atoms with van der Waals surface area (Å²) in [4.78, 5) is 16.7. The molecule has 8 heteroatoms. The third kappa shape index (κ3) is 4.46. The van der Waals surface area contributed by atoms with Crippen LogP contribution in [0.2, 0.25) is 0 Å². The van der Waals surface area contributed by atoms with E-state index in [-0.39, 0.29) is 22.9 Å². The summed E-state index contributed by atoms with van der Waals surface area (Å²) in [5.74, 6) is -0.284. The van der Waals surface area contributed by atoms with E-state index >= 15 is 0 Å². The summed E-state index contributed by atoms with van der Waals surface area (Å²) in [5, 5.41) is 2.90. The molecule has 1 aromatic heterocycles. The van der Waals surface area contributed by atoms with Crippen molar-refractivity contribution in [1.82, 2.24) is 19.6 Å². The van der Waals surface area contributed by atoms with Crippen LogP contribution in [-0.2, 0) is 16.6 Å². The number of nitrogens with zero attached hydrogens (tertiary/aromatic N) is 2. The molecule has 2 aromatic rings. The first-order valence-corrected chi connectivity index (χ1v) is 9.73. The lowest BCUT2D eigenvalue weighted by atomic mass is 10.1. The van der Waals surface area contributed by atoms with Gasteiger partial charge in [-0.25, -0.2) is 18.1 Å². The molecule has 0 aliphatic heterocycles. The normalized spacial score (nSPS) is 15.8. The van der Waals surface area contributed by atoms with Gasteiger partial charge in [0.05, 0.1) is 11.2 Å². The molecule has 25 heavy (non-hydrogen) atoms. The number of carbonyl (C=O) groups is 1. The highest BCUT2D eigenvalue weighted by Crippen LogP contribution is 2.23. The summed E-state index contributed by atoms with van der Waals surface area (Å²) < 4.78 is 29.2. The molecule has 1 fully saturated rings. The predicted octanol–water partition coefficient (Wildman–Crippen LogP) is 1.45. The minimum atomic E-state index is -3.58. The monoisotopic (exact) mass is 362 g/mol. The number of imidazole rings is 1. The van der Waals surface area contributed by atoms with Crippen LogP contribution in [0.25, 0.3) is 0 Å². The maximum atomic E-state index is 12.6. The highest BCUT2D eigenvalue weighted by atomic mass is 32.2. The van der Waals surface area contributed by atoms with Crippen molar-refractivity contribution in [1.29, 1.82) is 0 Å². The van der Waals surface area contributed by atoms with Crippen molar-refractivity contribution < 1.29 is 13.2 Å². The molecule has 0 spiro atoms. The molecule has 1 unspecified atom stereocenters. The van der Waals surface area contributed by atoms with E-state index in [0.717, 1.165) is 18.4 Å². The van der Waals surface area contributed by atoms with E-state index in [1.807, 2.05) is 17.7 Å². The van der Waals surface area contributed by atoms with Crippen LogP contribution in [0.3, 0.4) is 0 Å². The second-order valence-electron chi connectivity index (χ2n) is 6.51. The first-order valence-electron chi connectivity index (χ1n) is 8.25.